The molecule has 5 nitrogen and oxygen atoms in total. The van der Waals surface area contributed by atoms with Gasteiger partial charge in [-0.05, 0) is 44.5 Å². The topological polar surface area (TPSA) is 78.4 Å². The summed E-state index contributed by atoms with van der Waals surface area (Å²) in [5, 5.41) is 16.0. The van der Waals surface area contributed by atoms with Gasteiger partial charge in [-0.15, -0.1) is 0 Å². The van der Waals surface area contributed by atoms with Crippen molar-refractivity contribution < 1.29 is 14.7 Å². The van der Waals surface area contributed by atoms with Crippen LogP contribution in [-0.2, 0) is 9.59 Å². The Bertz CT molecular complexity index is 541. The van der Waals surface area contributed by atoms with Crippen LogP contribution in [0.4, 0.5) is 0 Å². The summed E-state index contributed by atoms with van der Waals surface area (Å²) in [7, 11) is 0. The van der Waals surface area contributed by atoms with Gasteiger partial charge in [0.2, 0.25) is 5.91 Å². The molecule has 22 heavy (non-hydrogen) atoms. The molecule has 0 aliphatic carbocycles. The van der Waals surface area contributed by atoms with Crippen LogP contribution in [0.15, 0.2) is 18.2 Å². The molecular weight excluding hydrogens is 327 g/mol. The van der Waals surface area contributed by atoms with Crippen molar-refractivity contribution in [2.45, 2.75) is 26.9 Å². The van der Waals surface area contributed by atoms with Crippen LogP contribution in [0.3, 0.4) is 0 Å². The van der Waals surface area contributed by atoms with Crippen LogP contribution in [0, 0.1) is 5.41 Å². The lowest BCUT2D eigenvalue weighted by Gasteiger charge is -2.24. The predicted octanol–water partition coefficient (Wildman–Crippen LogP) is 2.31. The molecule has 1 atom stereocenters. The molecule has 1 aromatic rings. The van der Waals surface area contributed by atoms with Crippen molar-refractivity contribution in [2.75, 3.05) is 13.1 Å². The Hall–Kier alpha value is -1.30. The number of nitrogens with one attached hydrogen (secondary N) is 2. The lowest BCUT2D eigenvalue weighted by molar-refractivity contribution is -0.132. The molecular formula is C15H20Cl2N2O3. The number of hydrogen-bond donors (Lipinski definition) is 3. The number of amides is 2. The molecule has 122 valence electrons. The summed E-state index contributed by atoms with van der Waals surface area (Å²) in [6, 6.07) is 4.44. The quantitative estimate of drug-likeness (QED) is 0.739. The minimum Gasteiger partial charge on any atom is -0.378 e. The number of aliphatic hydroxyl groups is 1. The lowest BCUT2D eigenvalue weighted by atomic mass is 9.92. The van der Waals surface area contributed by atoms with Crippen LogP contribution < -0.4 is 10.6 Å². The van der Waals surface area contributed by atoms with Gasteiger partial charge in [-0.25, -0.2) is 0 Å². The van der Waals surface area contributed by atoms with Crippen molar-refractivity contribution in [3.05, 3.63) is 33.8 Å². The maximum absolute atomic E-state index is 12.0. The molecule has 7 heteroatoms. The van der Waals surface area contributed by atoms with Gasteiger partial charge in [-0.3, -0.25) is 9.59 Å². The minimum atomic E-state index is -1.40. The first-order valence-electron chi connectivity index (χ1n) is 6.87. The third kappa shape index (κ3) is 5.16. The maximum atomic E-state index is 12.0. The third-order valence-corrected chi connectivity index (χ3v) is 3.54. The van der Waals surface area contributed by atoms with Gasteiger partial charge >= 0.3 is 0 Å². The standard InChI is InChI=1S/C15H20Cl2N2O3/c1-4-18-14(22)15(2,3)8-19-13(21)12(20)9-5-10(16)7-11(17)6-9/h5-7,12,20H,4,8H2,1-3H3,(H,18,22)(H,19,21). The first-order chi connectivity index (χ1) is 10.2. The number of hydrogen-bond acceptors (Lipinski definition) is 3. The van der Waals surface area contributed by atoms with Gasteiger partial charge < -0.3 is 15.7 Å². The highest BCUT2D eigenvalue weighted by molar-refractivity contribution is 6.34. The van der Waals surface area contributed by atoms with Gasteiger partial charge in [0, 0.05) is 23.1 Å². The van der Waals surface area contributed by atoms with Crippen LogP contribution >= 0.6 is 23.2 Å². The zero-order valence-electron chi connectivity index (χ0n) is 12.7. The molecule has 0 heterocycles. The molecule has 0 aliphatic rings. The van der Waals surface area contributed by atoms with E-state index in [1.54, 1.807) is 13.8 Å². The number of carbonyl (C=O) groups excluding carboxylic acids is 2. The smallest absolute Gasteiger partial charge is 0.253 e. The average Bonchev–Trinajstić information content (AvgIpc) is 2.43. The van der Waals surface area contributed by atoms with Gasteiger partial charge in [-0.2, -0.15) is 0 Å². The highest BCUT2D eigenvalue weighted by atomic mass is 35.5. The molecule has 1 unspecified atom stereocenters. The van der Waals surface area contributed by atoms with E-state index >= 15 is 0 Å². The van der Waals surface area contributed by atoms with E-state index < -0.39 is 17.4 Å². The summed E-state index contributed by atoms with van der Waals surface area (Å²) < 4.78 is 0. The van der Waals surface area contributed by atoms with E-state index in [0.29, 0.717) is 22.2 Å². The predicted molar refractivity (Wildman–Crippen MR) is 86.9 cm³/mol. The number of rotatable bonds is 6. The van der Waals surface area contributed by atoms with Crippen LogP contribution in [-0.4, -0.2) is 30.0 Å². The van der Waals surface area contributed by atoms with Crippen LogP contribution in [0.5, 0.6) is 0 Å². The SMILES string of the molecule is CCNC(=O)C(C)(C)CNC(=O)C(O)c1cc(Cl)cc(Cl)c1. The van der Waals surface area contributed by atoms with Crippen molar-refractivity contribution in [1.29, 1.82) is 0 Å². The van der Waals surface area contributed by atoms with Crippen LogP contribution in [0.25, 0.3) is 0 Å². The Labute approximate surface area is 140 Å². The molecule has 2 amide bonds. The van der Waals surface area contributed by atoms with Gasteiger partial charge in [-0.1, -0.05) is 23.2 Å². The summed E-state index contributed by atoms with van der Waals surface area (Å²) in [5.41, 5.74) is -0.483. The van der Waals surface area contributed by atoms with Crippen LogP contribution in [0.2, 0.25) is 10.0 Å². The molecule has 0 bridgehead atoms. The number of carbonyl (C=O) groups is 2. The van der Waals surface area contributed by atoms with E-state index in [4.69, 9.17) is 23.2 Å². The van der Waals surface area contributed by atoms with Gasteiger partial charge in [0.25, 0.3) is 5.91 Å². The third-order valence-electron chi connectivity index (χ3n) is 3.11. The number of benzene rings is 1. The van der Waals surface area contributed by atoms with Gasteiger partial charge in [0.15, 0.2) is 6.10 Å². The molecule has 3 N–H and O–H groups in total. The molecule has 0 spiro atoms. The summed E-state index contributed by atoms with van der Waals surface area (Å²) in [6.07, 6.45) is -1.40. The summed E-state index contributed by atoms with van der Waals surface area (Å²) in [5.74, 6) is -0.786. The van der Waals surface area contributed by atoms with E-state index in [1.807, 2.05) is 6.92 Å². The van der Waals surface area contributed by atoms with Crippen molar-refractivity contribution in [1.82, 2.24) is 10.6 Å². The summed E-state index contributed by atoms with van der Waals surface area (Å²) in [4.78, 5) is 23.9. The average molecular weight is 347 g/mol. The Kier molecular flexibility index (Phi) is 6.66. The minimum absolute atomic E-state index is 0.100. The zero-order chi connectivity index (χ0) is 16.9. The van der Waals surface area contributed by atoms with Crippen molar-refractivity contribution in [3.63, 3.8) is 0 Å². The Balaban J connectivity index is 2.70. The van der Waals surface area contributed by atoms with E-state index in [1.165, 1.54) is 18.2 Å². The maximum Gasteiger partial charge on any atom is 0.253 e. The van der Waals surface area contributed by atoms with Crippen molar-refractivity contribution >= 4 is 35.0 Å². The second-order valence-electron chi connectivity index (χ2n) is 5.57. The highest BCUT2D eigenvalue weighted by Crippen LogP contribution is 2.24. The molecule has 0 aliphatic heterocycles. The molecule has 1 rings (SSSR count). The van der Waals surface area contributed by atoms with E-state index in [-0.39, 0.29) is 12.5 Å². The molecule has 1 aromatic carbocycles. The molecule has 0 saturated carbocycles. The summed E-state index contributed by atoms with van der Waals surface area (Å²) >= 11 is 11.7. The first kappa shape index (κ1) is 18.7. The highest BCUT2D eigenvalue weighted by Gasteiger charge is 2.29. The van der Waals surface area contributed by atoms with E-state index in [9.17, 15) is 14.7 Å². The van der Waals surface area contributed by atoms with Gasteiger partial charge in [0.1, 0.15) is 0 Å². The fraction of sp³-hybridized carbons (Fsp3) is 0.467. The fourth-order valence-corrected chi connectivity index (χ4v) is 2.31. The lowest BCUT2D eigenvalue weighted by Crippen LogP contribution is -2.45. The second-order valence-corrected chi connectivity index (χ2v) is 6.44. The monoisotopic (exact) mass is 346 g/mol. The molecule has 0 aromatic heterocycles. The molecule has 0 saturated heterocycles. The molecule has 0 fully saturated rings. The first-order valence-corrected chi connectivity index (χ1v) is 7.63. The Morgan fingerprint density at radius 2 is 1.73 bits per heavy atom. The van der Waals surface area contributed by atoms with Crippen molar-refractivity contribution in [3.8, 4) is 0 Å². The van der Waals surface area contributed by atoms with Crippen LogP contribution in [0.1, 0.15) is 32.4 Å². The normalized spacial score (nSPS) is 12.6. The number of aliphatic hydroxyl groups excluding tert-OH is 1. The number of halogens is 2. The largest absolute Gasteiger partial charge is 0.378 e. The van der Waals surface area contributed by atoms with Gasteiger partial charge in [0.05, 0.1) is 5.41 Å². The Morgan fingerprint density at radius 3 is 2.23 bits per heavy atom. The zero-order valence-corrected chi connectivity index (χ0v) is 14.3. The van der Waals surface area contributed by atoms with E-state index in [2.05, 4.69) is 10.6 Å². The van der Waals surface area contributed by atoms with Crippen molar-refractivity contribution in [2.24, 2.45) is 5.41 Å². The Morgan fingerprint density at radius 1 is 1.18 bits per heavy atom. The van der Waals surface area contributed by atoms with E-state index in [0.717, 1.165) is 0 Å². The fourth-order valence-electron chi connectivity index (χ4n) is 1.77. The summed E-state index contributed by atoms with van der Waals surface area (Å²) in [6.45, 7) is 5.85. The second kappa shape index (κ2) is 7.81. The molecule has 0 radical (unpaired) electrons.